The van der Waals surface area contributed by atoms with Crippen LogP contribution in [0.25, 0.3) is 10.9 Å². The summed E-state index contributed by atoms with van der Waals surface area (Å²) in [6.45, 7) is 2.22. The number of aryl methyl sites for hydroxylation is 1. The quantitative estimate of drug-likeness (QED) is 0.498. The second-order valence-electron chi connectivity index (χ2n) is 4.04. The molecule has 1 aromatic carbocycles. The Balaban J connectivity index is 1.81. The van der Waals surface area contributed by atoms with Crippen molar-refractivity contribution in [2.45, 2.75) is 13.3 Å². The number of hydrogen-bond donors (Lipinski definition) is 1. The van der Waals surface area contributed by atoms with E-state index in [9.17, 15) is 4.79 Å². The first-order valence-electron chi connectivity index (χ1n) is 6.31. The Morgan fingerprint density at radius 3 is 3.11 bits per heavy atom. The van der Waals surface area contributed by atoms with Crippen molar-refractivity contribution in [1.29, 1.82) is 0 Å². The van der Waals surface area contributed by atoms with Crippen LogP contribution >= 0.6 is 11.8 Å². The van der Waals surface area contributed by atoms with Gasteiger partial charge in [-0.05, 0) is 30.4 Å². The Morgan fingerprint density at radius 1 is 1.42 bits per heavy atom. The Labute approximate surface area is 117 Å². The highest BCUT2D eigenvalue weighted by Crippen LogP contribution is 2.19. The Bertz CT molecular complexity index is 574. The molecule has 0 spiro atoms. The van der Waals surface area contributed by atoms with Crippen LogP contribution < -0.4 is 0 Å². The van der Waals surface area contributed by atoms with Crippen LogP contribution in [0.2, 0.25) is 0 Å². The van der Waals surface area contributed by atoms with Crippen molar-refractivity contribution in [1.82, 2.24) is 4.98 Å². The molecular weight excluding hydrogens is 258 g/mol. The highest BCUT2D eigenvalue weighted by Gasteiger charge is 2.01. The van der Waals surface area contributed by atoms with E-state index in [1.165, 1.54) is 22.5 Å². The molecule has 100 valence electrons. The molecule has 0 amide bonds. The molecule has 1 N–H and O–H groups in total. The predicted molar refractivity (Wildman–Crippen MR) is 80.2 cm³/mol. The number of para-hydroxylation sites is 1. The highest BCUT2D eigenvalue weighted by molar-refractivity contribution is 8.02. The molecule has 2 rings (SSSR count). The van der Waals surface area contributed by atoms with Crippen molar-refractivity contribution in [3.63, 3.8) is 0 Å². The van der Waals surface area contributed by atoms with Gasteiger partial charge in [0.1, 0.15) is 0 Å². The van der Waals surface area contributed by atoms with Crippen molar-refractivity contribution in [3.05, 3.63) is 47.5 Å². The lowest BCUT2D eigenvalue weighted by Crippen LogP contribution is -1.98. The van der Waals surface area contributed by atoms with E-state index in [1.54, 1.807) is 24.1 Å². The van der Waals surface area contributed by atoms with Crippen LogP contribution in [-0.4, -0.2) is 23.3 Å². The van der Waals surface area contributed by atoms with E-state index in [0.29, 0.717) is 6.61 Å². The zero-order valence-electron chi connectivity index (χ0n) is 10.9. The van der Waals surface area contributed by atoms with E-state index in [0.717, 1.165) is 12.2 Å². The summed E-state index contributed by atoms with van der Waals surface area (Å²) in [6, 6.07) is 8.28. The minimum absolute atomic E-state index is 0.276. The van der Waals surface area contributed by atoms with Gasteiger partial charge in [-0.2, -0.15) is 0 Å². The molecule has 4 heteroatoms. The summed E-state index contributed by atoms with van der Waals surface area (Å²) in [6.07, 6.45) is 4.51. The number of aromatic amines is 1. The van der Waals surface area contributed by atoms with Gasteiger partial charge in [-0.1, -0.05) is 18.2 Å². The zero-order valence-corrected chi connectivity index (χ0v) is 11.7. The van der Waals surface area contributed by atoms with Crippen LogP contribution in [-0.2, 0) is 16.0 Å². The first-order chi connectivity index (χ1) is 9.31. The molecule has 0 unspecified atom stereocenters. The third kappa shape index (κ3) is 3.89. The van der Waals surface area contributed by atoms with Gasteiger partial charge in [0.15, 0.2) is 0 Å². The Morgan fingerprint density at radius 2 is 2.26 bits per heavy atom. The number of H-pyrrole nitrogens is 1. The van der Waals surface area contributed by atoms with Crippen molar-refractivity contribution in [3.8, 4) is 0 Å². The van der Waals surface area contributed by atoms with Crippen molar-refractivity contribution in [2.24, 2.45) is 0 Å². The molecule has 2 aromatic rings. The molecule has 0 aliphatic rings. The van der Waals surface area contributed by atoms with Gasteiger partial charge in [0.25, 0.3) is 0 Å². The summed E-state index contributed by atoms with van der Waals surface area (Å²) in [5, 5.41) is 3.07. The average Bonchev–Trinajstić information content (AvgIpc) is 2.82. The van der Waals surface area contributed by atoms with Gasteiger partial charge < -0.3 is 9.72 Å². The minimum Gasteiger partial charge on any atom is -0.463 e. The first-order valence-corrected chi connectivity index (χ1v) is 7.36. The third-order valence-electron chi connectivity index (χ3n) is 2.75. The molecule has 0 saturated heterocycles. The Hall–Kier alpha value is -1.68. The molecule has 1 heterocycles. The van der Waals surface area contributed by atoms with E-state index in [4.69, 9.17) is 4.74 Å². The molecule has 0 aliphatic carbocycles. The maximum absolute atomic E-state index is 11.1. The number of rotatable bonds is 6. The third-order valence-corrected chi connectivity index (χ3v) is 3.52. The summed E-state index contributed by atoms with van der Waals surface area (Å²) < 4.78 is 4.81. The summed E-state index contributed by atoms with van der Waals surface area (Å²) in [5.74, 6) is 0.666. The molecule has 0 aliphatic heterocycles. The van der Waals surface area contributed by atoms with Crippen LogP contribution in [0.15, 0.2) is 41.9 Å². The molecule has 3 nitrogen and oxygen atoms in total. The van der Waals surface area contributed by atoms with E-state index in [1.807, 2.05) is 12.1 Å². The summed E-state index contributed by atoms with van der Waals surface area (Å²) in [7, 11) is 0. The number of fused-ring (bicyclic) bond motifs is 1. The van der Waals surface area contributed by atoms with Crippen LogP contribution in [0.4, 0.5) is 0 Å². The number of ether oxygens (including phenoxy) is 1. The van der Waals surface area contributed by atoms with Crippen LogP contribution in [0, 0.1) is 0 Å². The summed E-state index contributed by atoms with van der Waals surface area (Å²) in [4.78, 5) is 14.3. The molecule has 0 bridgehead atoms. The Kier molecular flexibility index (Phi) is 5.10. The second kappa shape index (κ2) is 7.04. The molecule has 0 fully saturated rings. The lowest BCUT2D eigenvalue weighted by atomic mass is 10.1. The normalized spacial score (nSPS) is 11.2. The van der Waals surface area contributed by atoms with Gasteiger partial charge in [-0.3, -0.25) is 0 Å². The smallest absolute Gasteiger partial charge is 0.331 e. The van der Waals surface area contributed by atoms with Gasteiger partial charge in [0, 0.05) is 28.9 Å². The van der Waals surface area contributed by atoms with Gasteiger partial charge in [0.2, 0.25) is 0 Å². The van der Waals surface area contributed by atoms with Crippen molar-refractivity contribution < 1.29 is 9.53 Å². The zero-order chi connectivity index (χ0) is 13.5. The van der Waals surface area contributed by atoms with E-state index in [2.05, 4.69) is 23.3 Å². The van der Waals surface area contributed by atoms with Crippen molar-refractivity contribution >= 4 is 28.6 Å². The topological polar surface area (TPSA) is 42.1 Å². The van der Waals surface area contributed by atoms with Gasteiger partial charge in [-0.25, -0.2) is 4.79 Å². The molecule has 0 saturated carbocycles. The fourth-order valence-electron chi connectivity index (χ4n) is 1.87. The van der Waals surface area contributed by atoms with Crippen LogP contribution in [0.5, 0.6) is 0 Å². The molecule has 1 aromatic heterocycles. The maximum Gasteiger partial charge on any atom is 0.331 e. The fraction of sp³-hybridized carbons (Fsp3) is 0.267. The number of carbonyl (C=O) groups excluding carboxylic acids is 1. The SMILES string of the molecule is CCOC(=O)/C=C/SCCc1c[nH]c2ccccc12. The first kappa shape index (κ1) is 13.7. The maximum atomic E-state index is 11.1. The monoisotopic (exact) mass is 275 g/mol. The second-order valence-corrected chi connectivity index (χ2v) is 5.05. The number of aromatic nitrogens is 1. The molecular formula is C15H17NO2S. The summed E-state index contributed by atoms with van der Waals surface area (Å²) >= 11 is 1.62. The number of nitrogens with one attached hydrogen (secondary N) is 1. The predicted octanol–water partition coefficient (Wildman–Crippen LogP) is 3.52. The van der Waals surface area contributed by atoms with E-state index in [-0.39, 0.29) is 5.97 Å². The minimum atomic E-state index is -0.276. The number of benzene rings is 1. The van der Waals surface area contributed by atoms with Gasteiger partial charge in [-0.15, -0.1) is 11.8 Å². The highest BCUT2D eigenvalue weighted by atomic mass is 32.2. The molecule has 0 radical (unpaired) electrons. The van der Waals surface area contributed by atoms with E-state index >= 15 is 0 Å². The van der Waals surface area contributed by atoms with Crippen molar-refractivity contribution in [2.75, 3.05) is 12.4 Å². The largest absolute Gasteiger partial charge is 0.463 e. The average molecular weight is 275 g/mol. The number of esters is 1. The van der Waals surface area contributed by atoms with Gasteiger partial charge >= 0.3 is 5.97 Å². The van der Waals surface area contributed by atoms with E-state index < -0.39 is 0 Å². The van der Waals surface area contributed by atoms with Gasteiger partial charge in [0.05, 0.1) is 6.61 Å². The summed E-state index contributed by atoms with van der Waals surface area (Å²) in [5.41, 5.74) is 2.48. The molecule has 0 atom stereocenters. The number of thioether (sulfide) groups is 1. The molecule has 19 heavy (non-hydrogen) atoms. The lowest BCUT2D eigenvalue weighted by molar-refractivity contribution is -0.137. The van der Waals surface area contributed by atoms with Crippen LogP contribution in [0.3, 0.4) is 0 Å². The number of carbonyl (C=O) groups is 1. The fourth-order valence-corrected chi connectivity index (χ4v) is 2.55. The standard InChI is InChI=1S/C15H17NO2S/c1-2-18-15(17)8-10-19-9-7-12-11-16-14-6-4-3-5-13(12)14/h3-6,8,10-11,16H,2,7,9H2,1H3/b10-8+. The lowest BCUT2D eigenvalue weighted by Gasteiger charge is -1.97. The van der Waals surface area contributed by atoms with Crippen LogP contribution in [0.1, 0.15) is 12.5 Å². The number of hydrogen-bond acceptors (Lipinski definition) is 3.